The van der Waals surface area contributed by atoms with Crippen molar-refractivity contribution in [1.29, 1.82) is 5.26 Å². The first kappa shape index (κ1) is 9.88. The third-order valence-corrected chi connectivity index (χ3v) is 2.47. The molecule has 72 valence electrons. The van der Waals surface area contributed by atoms with E-state index in [2.05, 4.69) is 27.0 Å². The van der Waals surface area contributed by atoms with Crippen molar-refractivity contribution in [3.63, 3.8) is 0 Å². The maximum absolute atomic E-state index is 8.67. The second-order valence-electron chi connectivity index (χ2n) is 3.03. The Labute approximate surface area is 96.3 Å². The number of rotatable bonds is 1. The molecule has 0 saturated carbocycles. The summed E-state index contributed by atoms with van der Waals surface area (Å²) in [5.74, 6) is 0. The Balaban J connectivity index is 2.42. The lowest BCUT2D eigenvalue weighted by molar-refractivity contribution is 1.28. The molecule has 0 N–H and O–H groups in total. The van der Waals surface area contributed by atoms with Gasteiger partial charge in [0.05, 0.1) is 17.3 Å². The molecule has 0 aliphatic carbocycles. The molecular weight excluding hydrogens is 252 g/mol. The molecule has 1 heterocycles. The minimum atomic E-state index is 0.661. The van der Waals surface area contributed by atoms with Crippen LogP contribution in [0.25, 0.3) is 11.3 Å². The Kier molecular flexibility index (Phi) is 2.79. The molecule has 0 amide bonds. The summed E-state index contributed by atoms with van der Waals surface area (Å²) in [5.41, 5.74) is 2.57. The topological polar surface area (TPSA) is 36.7 Å². The maximum atomic E-state index is 8.67. The first-order chi connectivity index (χ1) is 7.29. The van der Waals surface area contributed by atoms with Crippen molar-refractivity contribution in [2.75, 3.05) is 0 Å². The van der Waals surface area contributed by atoms with Crippen molar-refractivity contribution in [2.45, 2.75) is 0 Å². The number of hydrogen-bond acceptors (Lipinski definition) is 2. The molecule has 0 unspecified atom stereocenters. The number of benzene rings is 1. The van der Waals surface area contributed by atoms with E-state index in [9.17, 15) is 0 Å². The molecule has 1 aromatic heterocycles. The summed E-state index contributed by atoms with van der Waals surface area (Å²) in [6.07, 6.45) is 0. The first-order valence-electron chi connectivity index (χ1n) is 4.43. The van der Waals surface area contributed by atoms with E-state index in [1.807, 2.05) is 30.3 Å². The van der Waals surface area contributed by atoms with Crippen LogP contribution in [0, 0.1) is 11.3 Å². The van der Waals surface area contributed by atoms with Gasteiger partial charge in [-0.1, -0.05) is 18.2 Å². The zero-order valence-corrected chi connectivity index (χ0v) is 9.40. The molecule has 2 aromatic rings. The van der Waals surface area contributed by atoms with Crippen LogP contribution in [-0.2, 0) is 0 Å². The summed E-state index contributed by atoms with van der Waals surface area (Å²) in [4.78, 5) is 4.33. The van der Waals surface area contributed by atoms with Gasteiger partial charge in [-0.3, -0.25) is 0 Å². The lowest BCUT2D eigenvalue weighted by Gasteiger charge is -2.00. The van der Waals surface area contributed by atoms with Crippen molar-refractivity contribution in [2.24, 2.45) is 0 Å². The van der Waals surface area contributed by atoms with E-state index in [0.29, 0.717) is 5.56 Å². The van der Waals surface area contributed by atoms with Gasteiger partial charge >= 0.3 is 0 Å². The molecule has 2 rings (SSSR count). The molecule has 15 heavy (non-hydrogen) atoms. The Bertz CT molecular complexity index is 512. The summed E-state index contributed by atoms with van der Waals surface area (Å²) in [5, 5.41) is 8.67. The average Bonchev–Trinajstić information content (AvgIpc) is 2.29. The van der Waals surface area contributed by atoms with Gasteiger partial charge in [0.15, 0.2) is 0 Å². The summed E-state index contributed by atoms with van der Waals surface area (Å²) >= 11 is 3.32. The van der Waals surface area contributed by atoms with E-state index in [0.717, 1.165) is 15.9 Å². The van der Waals surface area contributed by atoms with Gasteiger partial charge in [-0.15, -0.1) is 0 Å². The van der Waals surface area contributed by atoms with Crippen LogP contribution in [0.2, 0.25) is 0 Å². The molecule has 0 spiro atoms. The Morgan fingerprint density at radius 2 is 1.80 bits per heavy atom. The maximum Gasteiger partial charge on any atom is 0.106 e. The minimum Gasteiger partial charge on any atom is -0.241 e. The Morgan fingerprint density at radius 1 is 1.07 bits per heavy atom. The zero-order valence-electron chi connectivity index (χ0n) is 7.81. The normalized spacial score (nSPS) is 9.60. The predicted molar refractivity (Wildman–Crippen MR) is 62.1 cm³/mol. The molecule has 0 aliphatic rings. The van der Waals surface area contributed by atoms with E-state index in [1.165, 1.54) is 0 Å². The summed E-state index contributed by atoms with van der Waals surface area (Å²) in [6.45, 7) is 0. The molecule has 0 saturated heterocycles. The van der Waals surface area contributed by atoms with Crippen molar-refractivity contribution in [1.82, 2.24) is 4.98 Å². The number of nitriles is 1. The van der Waals surface area contributed by atoms with Gasteiger partial charge in [-0.05, 0) is 40.2 Å². The third kappa shape index (κ3) is 2.23. The van der Waals surface area contributed by atoms with Crippen LogP contribution >= 0.6 is 15.9 Å². The smallest absolute Gasteiger partial charge is 0.106 e. The average molecular weight is 259 g/mol. The second kappa shape index (κ2) is 4.24. The summed E-state index contributed by atoms with van der Waals surface area (Å²) in [6, 6.07) is 15.2. The standard InChI is InChI=1S/C12H7BrN2/c13-12-3-1-2-11(15-12)10-6-4-9(8-14)5-7-10/h1-7H. The lowest BCUT2D eigenvalue weighted by atomic mass is 10.1. The van der Waals surface area contributed by atoms with Crippen molar-refractivity contribution in [3.8, 4) is 17.3 Å². The second-order valence-corrected chi connectivity index (χ2v) is 3.85. The summed E-state index contributed by atoms with van der Waals surface area (Å²) in [7, 11) is 0. The highest BCUT2D eigenvalue weighted by molar-refractivity contribution is 9.10. The predicted octanol–water partition coefficient (Wildman–Crippen LogP) is 3.38. The molecule has 0 atom stereocenters. The van der Waals surface area contributed by atoms with Crippen molar-refractivity contribution < 1.29 is 0 Å². The van der Waals surface area contributed by atoms with Crippen LogP contribution < -0.4 is 0 Å². The fraction of sp³-hybridized carbons (Fsp3) is 0. The molecule has 3 heteroatoms. The first-order valence-corrected chi connectivity index (χ1v) is 5.22. The van der Waals surface area contributed by atoms with E-state index < -0.39 is 0 Å². The zero-order chi connectivity index (χ0) is 10.7. The van der Waals surface area contributed by atoms with Gasteiger partial charge in [0.2, 0.25) is 0 Å². The third-order valence-electron chi connectivity index (χ3n) is 2.02. The molecular formula is C12H7BrN2. The molecule has 0 fully saturated rings. The number of aromatic nitrogens is 1. The molecule has 0 aliphatic heterocycles. The van der Waals surface area contributed by atoms with Crippen LogP contribution in [0.1, 0.15) is 5.56 Å². The largest absolute Gasteiger partial charge is 0.241 e. The van der Waals surface area contributed by atoms with Crippen LogP contribution in [0.15, 0.2) is 47.1 Å². The van der Waals surface area contributed by atoms with Crippen LogP contribution in [-0.4, -0.2) is 4.98 Å². The number of pyridine rings is 1. The minimum absolute atomic E-state index is 0.661. The fourth-order valence-electron chi connectivity index (χ4n) is 1.28. The number of hydrogen-bond donors (Lipinski definition) is 0. The van der Waals surface area contributed by atoms with Gasteiger partial charge in [0.1, 0.15) is 4.60 Å². The Morgan fingerprint density at radius 3 is 2.40 bits per heavy atom. The van der Waals surface area contributed by atoms with E-state index >= 15 is 0 Å². The molecule has 0 bridgehead atoms. The van der Waals surface area contributed by atoms with Gasteiger partial charge < -0.3 is 0 Å². The number of nitrogens with zero attached hydrogens (tertiary/aromatic N) is 2. The van der Waals surface area contributed by atoms with E-state index in [4.69, 9.17) is 5.26 Å². The molecule has 1 aromatic carbocycles. The highest BCUT2D eigenvalue weighted by Gasteiger charge is 1.99. The van der Waals surface area contributed by atoms with Gasteiger partial charge in [0, 0.05) is 5.56 Å². The fourth-order valence-corrected chi connectivity index (χ4v) is 1.63. The van der Waals surface area contributed by atoms with Gasteiger partial charge in [-0.25, -0.2) is 4.98 Å². The SMILES string of the molecule is N#Cc1ccc(-c2cccc(Br)n2)cc1. The summed E-state index contributed by atoms with van der Waals surface area (Å²) < 4.78 is 0.810. The lowest BCUT2D eigenvalue weighted by Crippen LogP contribution is -1.83. The van der Waals surface area contributed by atoms with Gasteiger partial charge in [0.25, 0.3) is 0 Å². The molecule has 2 nitrogen and oxygen atoms in total. The van der Waals surface area contributed by atoms with Crippen LogP contribution in [0.3, 0.4) is 0 Å². The van der Waals surface area contributed by atoms with E-state index in [-0.39, 0.29) is 0 Å². The monoisotopic (exact) mass is 258 g/mol. The highest BCUT2D eigenvalue weighted by atomic mass is 79.9. The highest BCUT2D eigenvalue weighted by Crippen LogP contribution is 2.19. The molecule has 0 radical (unpaired) electrons. The van der Waals surface area contributed by atoms with Crippen molar-refractivity contribution in [3.05, 3.63) is 52.6 Å². The van der Waals surface area contributed by atoms with Crippen LogP contribution in [0.5, 0.6) is 0 Å². The van der Waals surface area contributed by atoms with Crippen LogP contribution in [0.4, 0.5) is 0 Å². The van der Waals surface area contributed by atoms with E-state index in [1.54, 1.807) is 12.1 Å². The number of halogens is 1. The quantitative estimate of drug-likeness (QED) is 0.736. The van der Waals surface area contributed by atoms with Crippen molar-refractivity contribution >= 4 is 15.9 Å². The van der Waals surface area contributed by atoms with Gasteiger partial charge in [-0.2, -0.15) is 5.26 Å². The Hall–Kier alpha value is -1.66.